The maximum Gasteiger partial charge on any atom is 0.108 e. The third-order valence-corrected chi connectivity index (χ3v) is 2.84. The van der Waals surface area contributed by atoms with Crippen LogP contribution >= 0.6 is 0 Å². The first-order valence-corrected chi connectivity index (χ1v) is 5.72. The molecular weight excluding hydrogens is 190 g/mol. The molecule has 0 radical (unpaired) electrons. The summed E-state index contributed by atoms with van der Waals surface area (Å²) < 4.78 is 5.31. The Labute approximate surface area is 90.2 Å². The van der Waals surface area contributed by atoms with Gasteiger partial charge in [0.15, 0.2) is 0 Å². The van der Waals surface area contributed by atoms with Gasteiger partial charge < -0.3 is 15.5 Å². The Morgan fingerprint density at radius 1 is 1.60 bits per heavy atom. The van der Waals surface area contributed by atoms with E-state index in [9.17, 15) is 0 Å². The van der Waals surface area contributed by atoms with Gasteiger partial charge in [0.1, 0.15) is 5.82 Å². The zero-order valence-corrected chi connectivity index (χ0v) is 9.25. The summed E-state index contributed by atoms with van der Waals surface area (Å²) in [6.07, 6.45) is 4.17. The van der Waals surface area contributed by atoms with Crippen molar-refractivity contribution in [3.8, 4) is 0 Å². The molecule has 0 spiro atoms. The van der Waals surface area contributed by atoms with E-state index in [1.807, 2.05) is 6.92 Å². The second kappa shape index (κ2) is 4.77. The van der Waals surface area contributed by atoms with Crippen molar-refractivity contribution >= 4 is 0 Å². The van der Waals surface area contributed by atoms with Crippen LogP contribution in [-0.2, 0) is 17.6 Å². The number of aryl methyl sites for hydroxylation is 1. The Kier molecular flexibility index (Phi) is 3.38. The molecule has 0 saturated carbocycles. The number of nitrogens with one attached hydrogen (secondary N) is 1. The second-order valence-corrected chi connectivity index (χ2v) is 3.99. The van der Waals surface area contributed by atoms with Gasteiger partial charge in [-0.25, -0.2) is 4.98 Å². The van der Waals surface area contributed by atoms with Gasteiger partial charge in [0.2, 0.25) is 0 Å². The second-order valence-electron chi connectivity index (χ2n) is 3.99. The van der Waals surface area contributed by atoms with Crippen LogP contribution in [0.4, 0.5) is 0 Å². The van der Waals surface area contributed by atoms with Crippen molar-refractivity contribution < 1.29 is 4.74 Å². The fourth-order valence-electron chi connectivity index (χ4n) is 2.04. The molecule has 15 heavy (non-hydrogen) atoms. The van der Waals surface area contributed by atoms with Crippen molar-refractivity contribution in [3.63, 3.8) is 0 Å². The molecule has 0 bridgehead atoms. The molecule has 0 saturated heterocycles. The van der Waals surface area contributed by atoms with Gasteiger partial charge >= 0.3 is 0 Å². The summed E-state index contributed by atoms with van der Waals surface area (Å²) in [5, 5.41) is 0. The molecule has 1 atom stereocenters. The number of imidazole rings is 1. The van der Waals surface area contributed by atoms with Crippen molar-refractivity contribution in [3.05, 3.63) is 17.2 Å². The number of ether oxygens (including phenoxy) is 1. The molecule has 0 aliphatic heterocycles. The number of fused-ring (bicyclic) bond motifs is 1. The van der Waals surface area contributed by atoms with Gasteiger partial charge in [-0.05, 0) is 26.2 Å². The maximum atomic E-state index is 6.00. The smallest absolute Gasteiger partial charge is 0.108 e. The molecule has 0 aromatic carbocycles. The van der Waals surface area contributed by atoms with Gasteiger partial charge in [0, 0.05) is 24.8 Å². The zero-order valence-electron chi connectivity index (χ0n) is 9.25. The standard InChI is InChI=1S/C11H19N3O/c1-2-15-7-6-10-13-9-5-3-4-8(12)11(9)14-10/h8H,2-7,12H2,1H3,(H,13,14). The number of rotatable bonds is 4. The number of nitrogens with zero attached hydrogens (tertiary/aromatic N) is 1. The molecular formula is C11H19N3O. The Bertz CT molecular complexity index is 322. The lowest BCUT2D eigenvalue weighted by Crippen LogP contribution is -2.17. The largest absolute Gasteiger partial charge is 0.381 e. The minimum absolute atomic E-state index is 0.130. The highest BCUT2D eigenvalue weighted by Gasteiger charge is 2.20. The van der Waals surface area contributed by atoms with E-state index in [0.29, 0.717) is 0 Å². The van der Waals surface area contributed by atoms with E-state index < -0.39 is 0 Å². The molecule has 3 N–H and O–H groups in total. The average Bonchev–Trinajstić information content (AvgIpc) is 2.63. The monoisotopic (exact) mass is 209 g/mol. The summed E-state index contributed by atoms with van der Waals surface area (Å²) in [5.41, 5.74) is 8.31. The summed E-state index contributed by atoms with van der Waals surface area (Å²) in [5.74, 6) is 1.02. The minimum atomic E-state index is 0.130. The van der Waals surface area contributed by atoms with E-state index >= 15 is 0 Å². The average molecular weight is 209 g/mol. The van der Waals surface area contributed by atoms with Gasteiger partial charge in [-0.1, -0.05) is 0 Å². The highest BCUT2D eigenvalue weighted by molar-refractivity contribution is 5.21. The summed E-state index contributed by atoms with van der Waals surface area (Å²) in [6.45, 7) is 3.50. The number of nitrogens with two attached hydrogens (primary N) is 1. The zero-order chi connectivity index (χ0) is 10.7. The SMILES string of the molecule is CCOCCc1nc2c([nH]1)CCCC2N. The maximum absolute atomic E-state index is 6.00. The highest BCUT2D eigenvalue weighted by Crippen LogP contribution is 2.25. The van der Waals surface area contributed by atoms with E-state index in [-0.39, 0.29) is 6.04 Å². The molecule has 1 aliphatic carbocycles. The van der Waals surface area contributed by atoms with Crippen LogP contribution in [0, 0.1) is 0 Å². The Morgan fingerprint density at radius 2 is 2.47 bits per heavy atom. The van der Waals surface area contributed by atoms with E-state index in [0.717, 1.165) is 44.0 Å². The third-order valence-electron chi connectivity index (χ3n) is 2.84. The summed E-state index contributed by atoms with van der Waals surface area (Å²) in [4.78, 5) is 7.89. The molecule has 4 heteroatoms. The normalized spacial score (nSPS) is 20.3. The first kappa shape index (κ1) is 10.6. The highest BCUT2D eigenvalue weighted by atomic mass is 16.5. The lowest BCUT2D eigenvalue weighted by atomic mass is 9.97. The van der Waals surface area contributed by atoms with Crippen LogP contribution in [0.2, 0.25) is 0 Å². The van der Waals surface area contributed by atoms with Crippen LogP contribution in [0.5, 0.6) is 0 Å². The molecule has 0 amide bonds. The number of hydrogen-bond donors (Lipinski definition) is 2. The summed E-state index contributed by atoms with van der Waals surface area (Å²) >= 11 is 0. The summed E-state index contributed by atoms with van der Waals surface area (Å²) in [6, 6.07) is 0.130. The Hall–Kier alpha value is -0.870. The van der Waals surface area contributed by atoms with Gasteiger partial charge in [-0.15, -0.1) is 0 Å². The van der Waals surface area contributed by atoms with Crippen LogP contribution < -0.4 is 5.73 Å². The Balaban J connectivity index is 2.01. The molecule has 1 heterocycles. The van der Waals surface area contributed by atoms with Crippen molar-refractivity contribution in [1.29, 1.82) is 0 Å². The predicted molar refractivity (Wildman–Crippen MR) is 58.7 cm³/mol. The molecule has 0 fully saturated rings. The van der Waals surface area contributed by atoms with Crippen LogP contribution in [0.3, 0.4) is 0 Å². The van der Waals surface area contributed by atoms with E-state index in [2.05, 4.69) is 9.97 Å². The van der Waals surface area contributed by atoms with Crippen LogP contribution in [-0.4, -0.2) is 23.2 Å². The number of hydrogen-bond acceptors (Lipinski definition) is 3. The first-order chi connectivity index (χ1) is 7.31. The Morgan fingerprint density at radius 3 is 3.20 bits per heavy atom. The van der Waals surface area contributed by atoms with Crippen molar-refractivity contribution in [1.82, 2.24) is 9.97 Å². The fraction of sp³-hybridized carbons (Fsp3) is 0.727. The first-order valence-electron chi connectivity index (χ1n) is 5.72. The van der Waals surface area contributed by atoms with E-state index in [4.69, 9.17) is 10.5 Å². The minimum Gasteiger partial charge on any atom is -0.381 e. The number of aromatic amines is 1. The lowest BCUT2D eigenvalue weighted by Gasteiger charge is -2.15. The van der Waals surface area contributed by atoms with Crippen LogP contribution in [0.15, 0.2) is 0 Å². The van der Waals surface area contributed by atoms with Gasteiger partial charge in [0.05, 0.1) is 12.3 Å². The molecule has 2 rings (SSSR count). The van der Waals surface area contributed by atoms with Gasteiger partial charge in [-0.3, -0.25) is 0 Å². The van der Waals surface area contributed by atoms with Crippen molar-refractivity contribution in [2.24, 2.45) is 5.73 Å². The quantitative estimate of drug-likeness (QED) is 0.735. The topological polar surface area (TPSA) is 63.9 Å². The van der Waals surface area contributed by atoms with Gasteiger partial charge in [-0.2, -0.15) is 0 Å². The van der Waals surface area contributed by atoms with Crippen molar-refractivity contribution in [2.45, 2.75) is 38.6 Å². The summed E-state index contributed by atoms with van der Waals surface area (Å²) in [7, 11) is 0. The van der Waals surface area contributed by atoms with Crippen molar-refractivity contribution in [2.75, 3.05) is 13.2 Å². The lowest BCUT2D eigenvalue weighted by molar-refractivity contribution is 0.149. The number of H-pyrrole nitrogens is 1. The fourth-order valence-corrected chi connectivity index (χ4v) is 2.04. The van der Waals surface area contributed by atoms with E-state index in [1.165, 1.54) is 12.1 Å². The van der Waals surface area contributed by atoms with Crippen LogP contribution in [0.1, 0.15) is 43.0 Å². The predicted octanol–water partition coefficient (Wildman–Crippen LogP) is 1.32. The molecule has 1 unspecified atom stereocenters. The molecule has 1 aliphatic rings. The molecule has 1 aromatic rings. The molecule has 1 aromatic heterocycles. The molecule has 84 valence electrons. The van der Waals surface area contributed by atoms with Gasteiger partial charge in [0.25, 0.3) is 0 Å². The molecule has 4 nitrogen and oxygen atoms in total. The third kappa shape index (κ3) is 2.38. The van der Waals surface area contributed by atoms with Crippen LogP contribution in [0.25, 0.3) is 0 Å². The number of aromatic nitrogens is 2. The van der Waals surface area contributed by atoms with E-state index in [1.54, 1.807) is 0 Å².